The summed E-state index contributed by atoms with van der Waals surface area (Å²) < 4.78 is 13.9. The lowest BCUT2D eigenvalue weighted by Gasteiger charge is -2.29. The molecule has 0 aliphatic heterocycles. The summed E-state index contributed by atoms with van der Waals surface area (Å²) in [7, 11) is 0. The Morgan fingerprint density at radius 2 is 1.94 bits per heavy atom. The van der Waals surface area contributed by atoms with Crippen LogP contribution in [0.1, 0.15) is 45.7 Å². The van der Waals surface area contributed by atoms with Gasteiger partial charge in [0.2, 0.25) is 0 Å². The first kappa shape index (κ1) is 15.0. The number of anilines is 1. The van der Waals surface area contributed by atoms with Crippen molar-refractivity contribution in [3.05, 3.63) is 29.6 Å². The molecule has 0 aliphatic carbocycles. The number of rotatable bonds is 6. The molecule has 0 aromatic heterocycles. The molecule has 3 heteroatoms. The van der Waals surface area contributed by atoms with Crippen LogP contribution in [0, 0.1) is 11.7 Å². The molecule has 102 valence electrons. The van der Waals surface area contributed by atoms with Crippen LogP contribution in [0.2, 0.25) is 0 Å². The number of hydrogen-bond acceptors (Lipinski definition) is 2. The fourth-order valence-electron chi connectivity index (χ4n) is 2.16. The molecule has 0 spiro atoms. The second-order valence-corrected chi connectivity index (χ2v) is 5.01. The van der Waals surface area contributed by atoms with E-state index in [-0.39, 0.29) is 11.9 Å². The van der Waals surface area contributed by atoms with E-state index in [0.717, 1.165) is 25.2 Å². The maximum Gasteiger partial charge on any atom is 0.130 e. The van der Waals surface area contributed by atoms with Crippen LogP contribution in [0.3, 0.4) is 0 Å². The molecule has 1 aromatic carbocycles. The third-order valence-corrected chi connectivity index (χ3v) is 3.44. The topological polar surface area (TPSA) is 29.3 Å². The number of halogens is 1. The van der Waals surface area contributed by atoms with Crippen LogP contribution < -0.4 is 10.6 Å². The highest BCUT2D eigenvalue weighted by molar-refractivity contribution is 5.55. The molecule has 1 rings (SSSR count). The fraction of sp³-hybridized carbons (Fsp3) is 0.600. The number of hydrogen-bond donors (Lipinski definition) is 1. The molecule has 0 amide bonds. The molecule has 2 unspecified atom stereocenters. The molecule has 0 heterocycles. The molecule has 0 saturated carbocycles. The monoisotopic (exact) mass is 252 g/mol. The lowest BCUT2D eigenvalue weighted by atomic mass is 10.0. The van der Waals surface area contributed by atoms with E-state index in [4.69, 9.17) is 5.73 Å². The predicted octanol–water partition coefficient (Wildman–Crippen LogP) is 3.72. The van der Waals surface area contributed by atoms with Gasteiger partial charge in [0, 0.05) is 30.4 Å². The van der Waals surface area contributed by atoms with Crippen molar-refractivity contribution in [3.8, 4) is 0 Å². The van der Waals surface area contributed by atoms with Gasteiger partial charge in [0.15, 0.2) is 0 Å². The average Bonchev–Trinajstić information content (AvgIpc) is 2.34. The smallest absolute Gasteiger partial charge is 0.130 e. The summed E-state index contributed by atoms with van der Waals surface area (Å²) in [5, 5.41) is 0. The van der Waals surface area contributed by atoms with Crippen LogP contribution in [0.25, 0.3) is 0 Å². The fourth-order valence-corrected chi connectivity index (χ4v) is 2.16. The van der Waals surface area contributed by atoms with Gasteiger partial charge in [0.1, 0.15) is 5.82 Å². The molecule has 1 aromatic rings. The maximum atomic E-state index is 13.9. The Hall–Kier alpha value is -1.09. The molecular formula is C15H25FN2. The summed E-state index contributed by atoms with van der Waals surface area (Å²) in [6.07, 6.45) is 1.12. The minimum absolute atomic E-state index is 0.204. The van der Waals surface area contributed by atoms with Crippen LogP contribution >= 0.6 is 0 Å². The van der Waals surface area contributed by atoms with E-state index in [1.807, 2.05) is 13.0 Å². The highest BCUT2D eigenvalue weighted by Gasteiger charge is 2.17. The van der Waals surface area contributed by atoms with Crippen LogP contribution in [0.5, 0.6) is 0 Å². The summed E-state index contributed by atoms with van der Waals surface area (Å²) in [6.45, 7) is 10.1. The average molecular weight is 252 g/mol. The van der Waals surface area contributed by atoms with Gasteiger partial charge < -0.3 is 10.6 Å². The first-order chi connectivity index (χ1) is 8.51. The van der Waals surface area contributed by atoms with E-state index in [1.54, 1.807) is 6.07 Å². The van der Waals surface area contributed by atoms with Crippen LogP contribution in [0.4, 0.5) is 10.1 Å². The third kappa shape index (κ3) is 3.45. The molecule has 2 N–H and O–H groups in total. The van der Waals surface area contributed by atoms with Gasteiger partial charge >= 0.3 is 0 Å². The Balaban J connectivity index is 3.09. The van der Waals surface area contributed by atoms with E-state index < -0.39 is 0 Å². The van der Waals surface area contributed by atoms with Crippen LogP contribution in [0.15, 0.2) is 18.2 Å². The Labute approximate surface area is 110 Å². The van der Waals surface area contributed by atoms with E-state index in [2.05, 4.69) is 25.7 Å². The van der Waals surface area contributed by atoms with Gasteiger partial charge in [-0.1, -0.05) is 26.3 Å². The van der Waals surface area contributed by atoms with Crippen molar-refractivity contribution in [1.29, 1.82) is 0 Å². The van der Waals surface area contributed by atoms with Gasteiger partial charge in [0.25, 0.3) is 0 Å². The van der Waals surface area contributed by atoms with Crippen molar-refractivity contribution in [1.82, 2.24) is 0 Å². The SMILES string of the molecule is CCC(C)CN(CC)c1cccc(F)c1C(C)N. The Kier molecular flexibility index (Phi) is 5.60. The zero-order valence-corrected chi connectivity index (χ0v) is 11.9. The highest BCUT2D eigenvalue weighted by atomic mass is 19.1. The minimum Gasteiger partial charge on any atom is -0.371 e. The number of nitrogens with two attached hydrogens (primary N) is 1. The summed E-state index contributed by atoms with van der Waals surface area (Å²) in [5.74, 6) is 0.388. The zero-order chi connectivity index (χ0) is 13.7. The second-order valence-electron chi connectivity index (χ2n) is 5.01. The molecule has 0 saturated heterocycles. The van der Waals surface area contributed by atoms with Gasteiger partial charge in [0.05, 0.1) is 0 Å². The van der Waals surface area contributed by atoms with E-state index in [9.17, 15) is 4.39 Å². The Bertz CT molecular complexity index is 377. The first-order valence-electron chi connectivity index (χ1n) is 6.80. The predicted molar refractivity (Wildman–Crippen MR) is 76.3 cm³/mol. The Morgan fingerprint density at radius 1 is 1.28 bits per heavy atom. The van der Waals surface area contributed by atoms with E-state index in [1.165, 1.54) is 6.07 Å². The van der Waals surface area contributed by atoms with E-state index >= 15 is 0 Å². The van der Waals surface area contributed by atoms with Gasteiger partial charge in [-0.05, 0) is 31.9 Å². The van der Waals surface area contributed by atoms with Gasteiger partial charge in [-0.15, -0.1) is 0 Å². The lowest BCUT2D eigenvalue weighted by molar-refractivity contribution is 0.542. The van der Waals surface area contributed by atoms with Crippen molar-refractivity contribution in [3.63, 3.8) is 0 Å². The van der Waals surface area contributed by atoms with E-state index in [0.29, 0.717) is 11.5 Å². The van der Waals surface area contributed by atoms with Gasteiger partial charge in [-0.25, -0.2) is 4.39 Å². The highest BCUT2D eigenvalue weighted by Crippen LogP contribution is 2.28. The largest absolute Gasteiger partial charge is 0.371 e. The summed E-state index contributed by atoms with van der Waals surface area (Å²) in [4.78, 5) is 2.22. The molecule has 0 bridgehead atoms. The van der Waals surface area contributed by atoms with Crippen molar-refractivity contribution in [2.45, 2.75) is 40.2 Å². The first-order valence-corrected chi connectivity index (χ1v) is 6.80. The Morgan fingerprint density at radius 3 is 2.44 bits per heavy atom. The molecule has 0 fully saturated rings. The molecule has 2 nitrogen and oxygen atoms in total. The standard InChI is InChI=1S/C15H25FN2/c1-5-11(3)10-18(6-2)14-9-7-8-13(16)15(14)12(4)17/h7-9,11-12H,5-6,10,17H2,1-4H3. The summed E-state index contributed by atoms with van der Waals surface area (Å²) in [6, 6.07) is 4.93. The minimum atomic E-state index is -0.285. The third-order valence-electron chi connectivity index (χ3n) is 3.44. The van der Waals surface area contributed by atoms with Gasteiger partial charge in [-0.2, -0.15) is 0 Å². The summed E-state index contributed by atoms with van der Waals surface area (Å²) in [5.41, 5.74) is 7.47. The zero-order valence-electron chi connectivity index (χ0n) is 11.9. The molecule has 0 aliphatic rings. The lowest BCUT2D eigenvalue weighted by Crippen LogP contribution is -2.30. The summed E-state index contributed by atoms with van der Waals surface area (Å²) >= 11 is 0. The number of nitrogens with zero attached hydrogens (tertiary/aromatic N) is 1. The van der Waals surface area contributed by atoms with Crippen LogP contribution in [-0.4, -0.2) is 13.1 Å². The molecule has 2 atom stereocenters. The maximum absolute atomic E-state index is 13.9. The normalized spacial score (nSPS) is 14.3. The molecule has 18 heavy (non-hydrogen) atoms. The van der Waals surface area contributed by atoms with Crippen LogP contribution in [-0.2, 0) is 0 Å². The molecular weight excluding hydrogens is 227 g/mol. The van der Waals surface area contributed by atoms with Gasteiger partial charge in [-0.3, -0.25) is 0 Å². The quantitative estimate of drug-likeness (QED) is 0.836. The number of benzene rings is 1. The van der Waals surface area contributed by atoms with Crippen molar-refractivity contribution in [2.75, 3.05) is 18.0 Å². The second kappa shape index (κ2) is 6.74. The van der Waals surface area contributed by atoms with Crippen molar-refractivity contribution >= 4 is 5.69 Å². The van der Waals surface area contributed by atoms with Crippen molar-refractivity contribution in [2.24, 2.45) is 11.7 Å². The molecule has 0 radical (unpaired) electrons. The van der Waals surface area contributed by atoms with Crippen molar-refractivity contribution < 1.29 is 4.39 Å².